The molecule has 21 heavy (non-hydrogen) atoms. The second-order valence-electron chi connectivity index (χ2n) is 6.00. The molecule has 0 saturated carbocycles. The van der Waals surface area contributed by atoms with E-state index in [4.69, 9.17) is 4.74 Å². The van der Waals surface area contributed by atoms with E-state index in [1.165, 1.54) is 18.4 Å². The number of hydrogen-bond acceptors (Lipinski definition) is 2. The molecule has 4 nitrogen and oxygen atoms in total. The lowest BCUT2D eigenvalue weighted by Crippen LogP contribution is -2.41. The molecule has 0 bridgehead atoms. The number of nitrogens with zero attached hydrogens (tertiary/aromatic N) is 2. The fourth-order valence-corrected chi connectivity index (χ4v) is 3.47. The maximum Gasteiger partial charge on any atom is 0.193 e. The van der Waals surface area contributed by atoms with Gasteiger partial charge < -0.3 is 15.0 Å². The van der Waals surface area contributed by atoms with Crippen LogP contribution in [0.3, 0.4) is 0 Å². The SMILES string of the molecule is CN=C(NCc1ccc(Br)cc1)N1CCC2(CCOC2)C1. The molecule has 2 heterocycles. The van der Waals surface area contributed by atoms with Gasteiger partial charge in [-0.3, -0.25) is 4.99 Å². The van der Waals surface area contributed by atoms with E-state index in [-0.39, 0.29) is 0 Å². The number of hydrogen-bond donors (Lipinski definition) is 1. The topological polar surface area (TPSA) is 36.9 Å². The molecule has 1 N–H and O–H groups in total. The molecular weight excluding hydrogens is 330 g/mol. The van der Waals surface area contributed by atoms with Crippen LogP contribution < -0.4 is 5.32 Å². The van der Waals surface area contributed by atoms with Crippen molar-refractivity contribution < 1.29 is 4.74 Å². The summed E-state index contributed by atoms with van der Waals surface area (Å²) in [5, 5.41) is 3.47. The summed E-state index contributed by atoms with van der Waals surface area (Å²) in [6.45, 7) is 4.77. The van der Waals surface area contributed by atoms with Gasteiger partial charge in [0.25, 0.3) is 0 Å². The predicted octanol–water partition coefficient (Wildman–Crippen LogP) is 2.64. The second-order valence-corrected chi connectivity index (χ2v) is 6.92. The Bertz CT molecular complexity index is 509. The summed E-state index contributed by atoms with van der Waals surface area (Å²) in [6, 6.07) is 8.39. The highest BCUT2D eigenvalue weighted by molar-refractivity contribution is 9.10. The van der Waals surface area contributed by atoms with Crippen LogP contribution in [0.2, 0.25) is 0 Å². The molecule has 2 saturated heterocycles. The largest absolute Gasteiger partial charge is 0.381 e. The third-order valence-electron chi connectivity index (χ3n) is 4.50. The normalized spacial score (nSPS) is 25.8. The van der Waals surface area contributed by atoms with Gasteiger partial charge in [-0.05, 0) is 30.5 Å². The van der Waals surface area contributed by atoms with Crippen LogP contribution in [0.25, 0.3) is 0 Å². The first-order chi connectivity index (χ1) is 10.2. The first-order valence-electron chi connectivity index (χ1n) is 7.49. The summed E-state index contributed by atoms with van der Waals surface area (Å²) < 4.78 is 6.70. The van der Waals surface area contributed by atoms with E-state index < -0.39 is 0 Å². The van der Waals surface area contributed by atoms with Crippen molar-refractivity contribution in [1.82, 2.24) is 10.2 Å². The fraction of sp³-hybridized carbons (Fsp3) is 0.562. The van der Waals surface area contributed by atoms with Crippen LogP contribution in [0.4, 0.5) is 0 Å². The van der Waals surface area contributed by atoms with Gasteiger partial charge in [-0.25, -0.2) is 0 Å². The summed E-state index contributed by atoms with van der Waals surface area (Å²) in [5.74, 6) is 1.00. The van der Waals surface area contributed by atoms with Gasteiger partial charge in [0.2, 0.25) is 0 Å². The van der Waals surface area contributed by atoms with Gasteiger partial charge in [0.15, 0.2) is 5.96 Å². The van der Waals surface area contributed by atoms with Crippen molar-refractivity contribution in [2.24, 2.45) is 10.4 Å². The number of rotatable bonds is 2. The van der Waals surface area contributed by atoms with Crippen molar-refractivity contribution >= 4 is 21.9 Å². The van der Waals surface area contributed by atoms with E-state index in [1.54, 1.807) is 0 Å². The van der Waals surface area contributed by atoms with Gasteiger partial charge in [-0.1, -0.05) is 28.1 Å². The van der Waals surface area contributed by atoms with Crippen LogP contribution in [0, 0.1) is 5.41 Å². The minimum Gasteiger partial charge on any atom is -0.381 e. The Kier molecular flexibility index (Phi) is 4.50. The lowest BCUT2D eigenvalue weighted by atomic mass is 9.87. The Labute approximate surface area is 134 Å². The van der Waals surface area contributed by atoms with E-state index in [2.05, 4.69) is 55.4 Å². The van der Waals surface area contributed by atoms with Crippen molar-refractivity contribution in [2.45, 2.75) is 19.4 Å². The zero-order chi connectivity index (χ0) is 14.7. The smallest absolute Gasteiger partial charge is 0.193 e. The number of likely N-dealkylation sites (tertiary alicyclic amines) is 1. The summed E-state index contributed by atoms with van der Waals surface area (Å²) in [5.41, 5.74) is 1.63. The maximum absolute atomic E-state index is 5.59. The van der Waals surface area contributed by atoms with Gasteiger partial charge in [0, 0.05) is 43.2 Å². The molecule has 1 unspecified atom stereocenters. The molecule has 1 aromatic rings. The number of benzene rings is 1. The van der Waals surface area contributed by atoms with Crippen molar-refractivity contribution in [1.29, 1.82) is 0 Å². The number of aliphatic imine (C=N–C) groups is 1. The highest BCUT2D eigenvalue weighted by atomic mass is 79.9. The molecule has 2 aliphatic heterocycles. The Morgan fingerprint density at radius 3 is 2.86 bits per heavy atom. The Morgan fingerprint density at radius 1 is 1.38 bits per heavy atom. The first kappa shape index (κ1) is 14.9. The molecule has 2 aliphatic rings. The lowest BCUT2D eigenvalue weighted by molar-refractivity contribution is 0.156. The summed E-state index contributed by atoms with van der Waals surface area (Å²) in [6.07, 6.45) is 2.40. The Hall–Kier alpha value is -1.07. The van der Waals surface area contributed by atoms with E-state index in [0.717, 1.165) is 43.3 Å². The van der Waals surface area contributed by atoms with Crippen LogP contribution in [-0.4, -0.2) is 44.2 Å². The predicted molar refractivity (Wildman–Crippen MR) is 88.4 cm³/mol. The average molecular weight is 352 g/mol. The molecule has 0 aliphatic carbocycles. The lowest BCUT2D eigenvalue weighted by Gasteiger charge is -2.25. The summed E-state index contributed by atoms with van der Waals surface area (Å²) in [7, 11) is 1.86. The summed E-state index contributed by atoms with van der Waals surface area (Å²) >= 11 is 3.46. The first-order valence-corrected chi connectivity index (χ1v) is 8.28. The molecule has 1 atom stereocenters. The number of nitrogens with one attached hydrogen (secondary N) is 1. The van der Waals surface area contributed by atoms with E-state index in [9.17, 15) is 0 Å². The van der Waals surface area contributed by atoms with E-state index in [0.29, 0.717) is 5.41 Å². The molecule has 0 radical (unpaired) electrons. The highest BCUT2D eigenvalue weighted by Crippen LogP contribution is 2.38. The van der Waals surface area contributed by atoms with Crippen LogP contribution in [0.5, 0.6) is 0 Å². The minimum absolute atomic E-state index is 0.370. The van der Waals surface area contributed by atoms with Crippen LogP contribution in [0.1, 0.15) is 18.4 Å². The number of guanidine groups is 1. The standard InChI is InChI=1S/C16H22BrN3O/c1-18-15(19-10-13-2-4-14(17)5-3-13)20-8-6-16(11-20)7-9-21-12-16/h2-5H,6-12H2,1H3,(H,18,19). The third-order valence-corrected chi connectivity index (χ3v) is 5.03. The van der Waals surface area contributed by atoms with Gasteiger partial charge in [-0.15, -0.1) is 0 Å². The molecular formula is C16H22BrN3O. The third kappa shape index (κ3) is 3.40. The minimum atomic E-state index is 0.370. The van der Waals surface area contributed by atoms with Gasteiger partial charge in [0.1, 0.15) is 0 Å². The van der Waals surface area contributed by atoms with Crippen molar-refractivity contribution in [2.75, 3.05) is 33.4 Å². The Balaban J connectivity index is 1.57. The molecule has 5 heteroatoms. The number of ether oxygens (including phenoxy) is 1. The molecule has 0 amide bonds. The monoisotopic (exact) mass is 351 g/mol. The zero-order valence-electron chi connectivity index (χ0n) is 12.4. The van der Waals surface area contributed by atoms with Crippen molar-refractivity contribution in [3.05, 3.63) is 34.3 Å². The molecule has 114 valence electrons. The van der Waals surface area contributed by atoms with Crippen LogP contribution >= 0.6 is 15.9 Å². The van der Waals surface area contributed by atoms with E-state index >= 15 is 0 Å². The van der Waals surface area contributed by atoms with Gasteiger partial charge in [0.05, 0.1) is 6.61 Å². The van der Waals surface area contributed by atoms with Gasteiger partial charge in [-0.2, -0.15) is 0 Å². The second kappa shape index (κ2) is 6.36. The zero-order valence-corrected chi connectivity index (χ0v) is 14.0. The summed E-state index contributed by atoms with van der Waals surface area (Å²) in [4.78, 5) is 6.81. The molecule has 0 aromatic heterocycles. The fourth-order valence-electron chi connectivity index (χ4n) is 3.20. The van der Waals surface area contributed by atoms with Crippen LogP contribution in [0.15, 0.2) is 33.7 Å². The van der Waals surface area contributed by atoms with Crippen molar-refractivity contribution in [3.8, 4) is 0 Å². The molecule has 3 rings (SSSR count). The van der Waals surface area contributed by atoms with Crippen LogP contribution in [-0.2, 0) is 11.3 Å². The maximum atomic E-state index is 5.59. The molecule has 1 spiro atoms. The number of halogens is 1. The van der Waals surface area contributed by atoms with E-state index in [1.807, 2.05) is 7.05 Å². The van der Waals surface area contributed by atoms with Gasteiger partial charge >= 0.3 is 0 Å². The molecule has 2 fully saturated rings. The van der Waals surface area contributed by atoms with Crippen molar-refractivity contribution in [3.63, 3.8) is 0 Å². The average Bonchev–Trinajstić information content (AvgIpc) is 3.13. The Morgan fingerprint density at radius 2 is 2.19 bits per heavy atom. The highest BCUT2D eigenvalue weighted by Gasteiger charge is 2.42. The quantitative estimate of drug-likeness (QED) is 0.657. The molecule has 1 aromatic carbocycles.